The Labute approximate surface area is 818 Å². The molecule has 8 aromatic carbocycles. The van der Waals surface area contributed by atoms with E-state index in [0.717, 1.165) is 33.4 Å². The number of esters is 1. The summed E-state index contributed by atoms with van der Waals surface area (Å²) in [6.07, 6.45) is -1.12. The molecule has 2 aliphatic heterocycles. The third-order valence-electron chi connectivity index (χ3n) is 22.0. The Balaban J connectivity index is 0.000000654. The van der Waals surface area contributed by atoms with Crippen LogP contribution in [0.15, 0.2) is 170 Å². The van der Waals surface area contributed by atoms with E-state index in [-0.39, 0.29) is 109 Å². The van der Waals surface area contributed by atoms with Crippen molar-refractivity contribution in [3.8, 4) is 73.6 Å². The van der Waals surface area contributed by atoms with Crippen molar-refractivity contribution >= 4 is 70.8 Å². The highest BCUT2D eigenvalue weighted by atomic mass is 16.6. The van der Waals surface area contributed by atoms with Crippen molar-refractivity contribution in [2.45, 2.75) is 253 Å². The van der Waals surface area contributed by atoms with Gasteiger partial charge in [-0.15, -0.1) is 0 Å². The van der Waals surface area contributed by atoms with Gasteiger partial charge in [-0.2, -0.15) is 5.26 Å². The van der Waals surface area contributed by atoms with E-state index in [2.05, 4.69) is 26.6 Å². The average molecular weight is 1900 g/mol. The highest BCUT2D eigenvalue weighted by molar-refractivity contribution is 6.02. The van der Waals surface area contributed by atoms with Gasteiger partial charge < -0.3 is 70.3 Å². The lowest BCUT2D eigenvalue weighted by Gasteiger charge is -2.32. The summed E-state index contributed by atoms with van der Waals surface area (Å²) in [6.45, 7) is 37.7. The lowest BCUT2D eigenvalue weighted by Crippen LogP contribution is -2.50. The van der Waals surface area contributed by atoms with E-state index < -0.39 is 118 Å². The fourth-order valence-corrected chi connectivity index (χ4v) is 15.2. The van der Waals surface area contributed by atoms with Crippen LogP contribution in [-0.4, -0.2) is 168 Å². The highest BCUT2D eigenvalue weighted by Crippen LogP contribution is 2.43. The summed E-state index contributed by atoms with van der Waals surface area (Å²) in [7, 11) is 4.15. The summed E-state index contributed by atoms with van der Waals surface area (Å²) in [5, 5.41) is 45.0. The number of ether oxygens (including phenoxy) is 5. The third-order valence-corrected chi connectivity index (χ3v) is 22.0. The first-order valence-electron chi connectivity index (χ1n) is 47.2. The second kappa shape index (κ2) is 58.2. The van der Waals surface area contributed by atoms with Gasteiger partial charge in [0.25, 0.3) is 0 Å². The fourth-order valence-electron chi connectivity index (χ4n) is 15.2. The van der Waals surface area contributed by atoms with Crippen LogP contribution in [0, 0.1) is 48.9 Å². The summed E-state index contributed by atoms with van der Waals surface area (Å²) < 4.78 is 28.1. The molecule has 27 nitrogen and oxygen atoms in total. The van der Waals surface area contributed by atoms with Crippen LogP contribution in [-0.2, 0) is 65.4 Å². The van der Waals surface area contributed by atoms with Crippen LogP contribution in [0.5, 0.6) is 23.0 Å². The van der Waals surface area contributed by atoms with Crippen LogP contribution in [0.4, 0.5) is 9.59 Å². The van der Waals surface area contributed by atoms with Gasteiger partial charge in [0, 0.05) is 123 Å². The Morgan fingerprint density at radius 2 is 0.812 bits per heavy atom. The molecule has 2 heterocycles. The Morgan fingerprint density at radius 1 is 0.471 bits per heavy atom. The number of nitrogens with one attached hydrogen (secondary N) is 5. The number of ketones is 4. The molecule has 0 radical (unpaired) electrons. The van der Waals surface area contributed by atoms with Crippen LogP contribution >= 0.6 is 0 Å². The molecule has 8 aromatic rings. The largest absolute Gasteiger partial charge is 0.507 e. The standard InChI is InChI=1S/C51H59N5O9.C50H59N3O10.4C2H6.2CH4/c1-8-25-64-45-20-18-37-29-40(45)39-27-33(11-19-42(39)57)28-41(48(61)53-24-22-52)55-47(60)32(3)26-44(59)46(37)56(7)49(62)38(21-23-54-50(63)65-51(4,5)6)30-43(58)36-16-14-35(15-17-36)34-12-9-31(2)10-13-34;1-9-24-62-44-21-19-36-28-39(44)38-26-32(12-20-41(38)54)27-40(48(59)61-8)52-46(57)31(3)25-43(56)45(36)53(7)47(58)37(22-23-51-49(60)63-50(4,5)6)29-42(55)35-17-15-34(16-18-35)33-13-10-30(2)11-14-33;4*1-2;;/h9-20,27,29,32,38,41,46,57H,8,21,23-26,28,30H2,1-7H3,(H,53,61)(H,54,63)(H,55,60);10-21,26,28,31,37,40,45,54H,9,22-25,27,29H2,1-8H3,(H,51,60)(H,52,57);4*1-2H3;2*1H4/t32-,38-,41+,46+;31-,37-,40+,45+;;;;;;/m11....../s1. The maximum Gasteiger partial charge on any atom is 0.407 e. The smallest absolute Gasteiger partial charge is 0.407 e. The molecule has 7 N–H and O–H groups in total. The number of alkyl carbamates (subject to hydrolysis) is 2. The minimum atomic E-state index is -1.30. The van der Waals surface area contributed by atoms with Gasteiger partial charge in [0.1, 0.15) is 64.9 Å². The summed E-state index contributed by atoms with van der Waals surface area (Å²) >= 11 is 0. The maximum atomic E-state index is 14.9. The topological polar surface area (TPSA) is 382 Å². The molecule has 0 spiro atoms. The number of rotatable bonds is 27. The number of phenols is 2. The number of methoxy groups -OCH3 is 1. The number of hydrogen-bond acceptors (Lipinski definition) is 20. The molecule has 0 unspecified atom stereocenters. The van der Waals surface area contributed by atoms with Gasteiger partial charge in [0.2, 0.25) is 29.5 Å². The number of benzene rings is 8. The van der Waals surface area contributed by atoms with Crippen LogP contribution in [0.25, 0.3) is 44.5 Å². The van der Waals surface area contributed by atoms with E-state index in [4.69, 9.17) is 28.9 Å². The molecular weight excluding hydrogens is 1750 g/mol. The summed E-state index contributed by atoms with van der Waals surface area (Å²) in [4.78, 5) is 169. The number of phenolic OH excluding ortho intramolecular Hbond substituents is 2. The molecule has 0 aromatic heterocycles. The maximum absolute atomic E-state index is 14.9. The number of nitrogens with zero attached hydrogens (tertiary/aromatic N) is 3. The van der Waals surface area contributed by atoms with Crippen molar-refractivity contribution in [3.05, 3.63) is 214 Å². The molecule has 0 fully saturated rings. The number of carbonyl (C=O) groups excluding carboxylic acids is 12. The van der Waals surface area contributed by atoms with E-state index in [1.165, 1.54) is 43.1 Å². The Kier molecular flexibility index (Phi) is 50.0. The molecule has 10 rings (SSSR count). The number of nitriles is 1. The van der Waals surface area contributed by atoms with Crippen LogP contribution in [0.1, 0.15) is 257 Å². The van der Waals surface area contributed by atoms with Crippen molar-refractivity contribution in [1.82, 2.24) is 36.4 Å². The molecule has 0 aliphatic carbocycles. The van der Waals surface area contributed by atoms with Crippen molar-refractivity contribution in [2.75, 3.05) is 54.1 Å². The zero-order chi connectivity index (χ0) is 101. The molecule has 138 heavy (non-hydrogen) atoms. The van der Waals surface area contributed by atoms with E-state index in [9.17, 15) is 67.7 Å². The summed E-state index contributed by atoms with van der Waals surface area (Å²) in [5.41, 5.74) is 8.67. The van der Waals surface area contributed by atoms with Gasteiger partial charge in [-0.3, -0.25) is 43.2 Å². The number of aryl methyl sites for hydroxylation is 2. The first-order chi connectivity index (χ1) is 64.8. The predicted octanol–water partition coefficient (Wildman–Crippen LogP) is 20.7. The number of fused-ring (bicyclic) bond motifs is 10. The second-order valence-corrected chi connectivity index (χ2v) is 34.7. The van der Waals surface area contributed by atoms with Gasteiger partial charge in [0.15, 0.2) is 23.1 Å². The first-order valence-corrected chi connectivity index (χ1v) is 47.2. The van der Waals surface area contributed by atoms with Gasteiger partial charge in [-0.25, -0.2) is 14.4 Å². The molecule has 8 atom stereocenters. The van der Waals surface area contributed by atoms with Crippen molar-refractivity contribution in [2.24, 2.45) is 23.7 Å². The van der Waals surface area contributed by atoms with Gasteiger partial charge in [0.05, 0.1) is 26.4 Å². The molecule has 27 heteroatoms. The predicted molar refractivity (Wildman–Crippen MR) is 544 cm³/mol. The van der Waals surface area contributed by atoms with Gasteiger partial charge >= 0.3 is 18.2 Å². The monoisotopic (exact) mass is 1900 g/mol. The van der Waals surface area contributed by atoms with E-state index >= 15 is 0 Å². The average Bonchev–Trinajstić information content (AvgIpc) is 0.781. The van der Waals surface area contributed by atoms with Crippen LogP contribution < -0.4 is 36.1 Å². The zero-order valence-corrected chi connectivity index (χ0v) is 83.6. The summed E-state index contributed by atoms with van der Waals surface area (Å²) in [5.74, 6) is -8.59. The molecule has 0 saturated carbocycles. The quantitative estimate of drug-likeness (QED) is 0.0109. The fraction of sp³-hybridized carbons (Fsp3) is 0.450. The number of Topliss-reactive ketones (excluding diaryl/α,β-unsaturated/α-hetero) is 4. The van der Waals surface area contributed by atoms with Crippen LogP contribution in [0.2, 0.25) is 0 Å². The summed E-state index contributed by atoms with van der Waals surface area (Å²) in [6, 6.07) is 46.9. The lowest BCUT2D eigenvalue weighted by molar-refractivity contribution is -0.146. The van der Waals surface area contributed by atoms with Gasteiger partial charge in [-0.05, 0) is 174 Å². The van der Waals surface area contributed by atoms with Crippen molar-refractivity contribution in [1.29, 1.82) is 5.26 Å². The minimum absolute atomic E-state index is 0. The number of aromatic hydroxyl groups is 2. The first kappa shape index (κ1) is 119. The normalized spacial score (nSPS) is 15.8. The molecule has 0 saturated heterocycles. The van der Waals surface area contributed by atoms with E-state index in [1.54, 1.807) is 140 Å². The molecule has 8 bridgehead atoms. The minimum Gasteiger partial charge on any atom is -0.507 e. The highest BCUT2D eigenvalue weighted by Gasteiger charge is 2.40. The van der Waals surface area contributed by atoms with Crippen molar-refractivity contribution in [3.63, 3.8) is 0 Å². The van der Waals surface area contributed by atoms with E-state index in [1.807, 2.05) is 162 Å². The zero-order valence-electron chi connectivity index (χ0n) is 83.6. The Morgan fingerprint density at radius 3 is 1.14 bits per heavy atom. The molecule has 7 amide bonds. The molecular formula is C111H150N8O19. The SMILES string of the molecule is C.C.CC.CC.CC.CC.CCCOc1ccc2cc1-c1cc(ccc1O)C[C@@H](C(=O)NCC#N)NC(=O)[C@H](C)CC(=O)[C@H]2N(C)C(=O)[C@H](CCNC(=O)OC(C)(C)C)CC(=O)c1ccc(-c2ccc(C)cc2)cc1.CCCOc1ccc2cc1-c1cc(ccc1O)C[C@@H](C(=O)OC)NC(=O)[C@H](C)CC(=O)[C@H]2N(C)C(=O)[C@H](CCNC(=O)OC(C)(C)C)CC(=O)c1ccc(-c2ccc(C)cc2)cc1. The van der Waals surface area contributed by atoms with Gasteiger partial charge in [-0.1, -0.05) is 230 Å². The Bertz CT molecular complexity index is 5380. The van der Waals surface area contributed by atoms with Crippen LogP contribution in [0.3, 0.4) is 0 Å². The second-order valence-electron chi connectivity index (χ2n) is 34.7. The third kappa shape index (κ3) is 35.2. The Hall–Kier alpha value is -13.5. The number of hydrogen-bond donors (Lipinski definition) is 7. The lowest BCUT2D eigenvalue weighted by atomic mass is 9.88. The van der Waals surface area contributed by atoms with E-state index in [0.29, 0.717) is 93.2 Å². The van der Waals surface area contributed by atoms with Crippen molar-refractivity contribution < 1.29 is 91.4 Å². The number of carbonyl (C=O) groups is 12. The molecule has 748 valence electrons. The number of amides is 7. The molecule has 2 aliphatic rings. The number of likely N-dealkylation sites (N-methyl/N-ethyl adjacent to an activating group) is 2.